The number of benzene rings is 2. The quantitative estimate of drug-likeness (QED) is 0.315. The predicted octanol–water partition coefficient (Wildman–Crippen LogP) is 2.53. The lowest BCUT2D eigenvalue weighted by atomic mass is 10.2. The molecule has 0 amide bonds. The minimum Gasteiger partial charge on any atom is -0.379 e. The van der Waals surface area contributed by atoms with E-state index in [0.717, 1.165) is 25.4 Å². The molecule has 0 bridgehead atoms. The Hall–Kier alpha value is -2.18. The van der Waals surface area contributed by atoms with Crippen LogP contribution in [0.5, 0.6) is 0 Å². The van der Waals surface area contributed by atoms with Crippen molar-refractivity contribution in [1.82, 2.24) is 9.21 Å². The van der Waals surface area contributed by atoms with E-state index in [1.165, 1.54) is 21.3 Å². The third kappa shape index (κ3) is 5.85. The summed E-state index contributed by atoms with van der Waals surface area (Å²) in [4.78, 5) is 16.4. The van der Waals surface area contributed by atoms with Crippen molar-refractivity contribution >= 4 is 33.2 Å². The highest BCUT2D eigenvalue weighted by Crippen LogP contribution is 2.32. The molecule has 2 aromatic carbocycles. The highest BCUT2D eigenvalue weighted by molar-refractivity contribution is 7.99. The van der Waals surface area contributed by atoms with E-state index in [1.807, 2.05) is 34.9 Å². The molecule has 0 aromatic heterocycles. The molecule has 0 aliphatic carbocycles. The summed E-state index contributed by atoms with van der Waals surface area (Å²) in [6.45, 7) is 5.04. The summed E-state index contributed by atoms with van der Waals surface area (Å²) in [5, 5.41) is 11.3. The summed E-state index contributed by atoms with van der Waals surface area (Å²) in [5.74, 6) is 0.984. The number of sulfonamides is 1. The Morgan fingerprint density at radius 2 is 1.67 bits per heavy atom. The van der Waals surface area contributed by atoms with Gasteiger partial charge in [-0.05, 0) is 18.2 Å². The second-order valence-electron chi connectivity index (χ2n) is 7.92. The first kappa shape index (κ1) is 24.0. The van der Waals surface area contributed by atoms with E-state index in [9.17, 15) is 18.5 Å². The fourth-order valence-corrected chi connectivity index (χ4v) is 6.61. The maximum atomic E-state index is 13.4. The molecular weight excluding hydrogens is 464 g/mol. The first-order valence-corrected chi connectivity index (χ1v) is 13.4. The largest absolute Gasteiger partial charge is 0.379 e. The third-order valence-electron chi connectivity index (χ3n) is 5.87. The number of nitro benzene ring substituents is 1. The molecule has 2 aliphatic heterocycles. The number of anilines is 1. The average molecular weight is 493 g/mol. The summed E-state index contributed by atoms with van der Waals surface area (Å²) < 4.78 is 33.4. The standard InChI is InChI=1S/C22H28N4O5S2/c27-26(28)19-6-7-21(22(18-19)33(29,30)25-12-15-31-16-13-25)24-10-8-23(9-11-24)14-17-32-20-4-2-1-3-5-20/h1-7,18H,8-17H2. The van der Waals surface area contributed by atoms with Gasteiger partial charge in [-0.2, -0.15) is 4.31 Å². The summed E-state index contributed by atoms with van der Waals surface area (Å²) in [7, 11) is -3.87. The number of non-ortho nitro benzene ring substituents is 1. The van der Waals surface area contributed by atoms with Crippen molar-refractivity contribution in [3.05, 3.63) is 58.6 Å². The number of thioether (sulfide) groups is 1. The van der Waals surface area contributed by atoms with Gasteiger partial charge in [-0.25, -0.2) is 8.42 Å². The normalized spacial score (nSPS) is 18.4. The molecule has 178 valence electrons. The predicted molar refractivity (Wildman–Crippen MR) is 128 cm³/mol. The summed E-state index contributed by atoms with van der Waals surface area (Å²) in [6, 6.07) is 14.4. The molecule has 4 rings (SSSR count). The van der Waals surface area contributed by atoms with Crippen LogP contribution in [-0.2, 0) is 14.8 Å². The van der Waals surface area contributed by atoms with Crippen molar-refractivity contribution in [3.63, 3.8) is 0 Å². The molecule has 9 nitrogen and oxygen atoms in total. The minimum absolute atomic E-state index is 0.00619. The number of hydrogen-bond donors (Lipinski definition) is 0. The number of rotatable bonds is 8. The maximum absolute atomic E-state index is 13.4. The van der Waals surface area contributed by atoms with Crippen molar-refractivity contribution in [2.45, 2.75) is 9.79 Å². The molecule has 2 fully saturated rings. The molecule has 0 atom stereocenters. The van der Waals surface area contributed by atoms with E-state index >= 15 is 0 Å². The van der Waals surface area contributed by atoms with Gasteiger partial charge in [0.1, 0.15) is 4.90 Å². The number of piperazine rings is 1. The first-order chi connectivity index (χ1) is 15.9. The number of morpholine rings is 1. The zero-order valence-electron chi connectivity index (χ0n) is 18.3. The molecule has 0 radical (unpaired) electrons. The van der Waals surface area contributed by atoms with E-state index in [2.05, 4.69) is 17.0 Å². The van der Waals surface area contributed by atoms with Gasteiger partial charge in [0.25, 0.3) is 5.69 Å². The zero-order chi connectivity index (χ0) is 23.3. The van der Waals surface area contributed by atoms with Crippen LogP contribution in [0.1, 0.15) is 0 Å². The van der Waals surface area contributed by atoms with E-state index in [0.29, 0.717) is 32.0 Å². The number of hydrogen-bond acceptors (Lipinski definition) is 8. The van der Waals surface area contributed by atoms with Crippen LogP contribution in [-0.4, -0.2) is 87.3 Å². The molecule has 0 saturated carbocycles. The smallest absolute Gasteiger partial charge is 0.270 e. The molecule has 2 aliphatic rings. The Bertz CT molecular complexity index is 1050. The Morgan fingerprint density at radius 3 is 2.33 bits per heavy atom. The molecule has 0 N–H and O–H groups in total. The van der Waals surface area contributed by atoms with Gasteiger partial charge < -0.3 is 9.64 Å². The lowest BCUT2D eigenvalue weighted by Crippen LogP contribution is -2.48. The number of ether oxygens (including phenoxy) is 1. The summed E-state index contributed by atoms with van der Waals surface area (Å²) >= 11 is 1.82. The highest BCUT2D eigenvalue weighted by atomic mass is 32.2. The van der Waals surface area contributed by atoms with E-state index in [-0.39, 0.29) is 23.7 Å². The van der Waals surface area contributed by atoms with Crippen LogP contribution in [0.2, 0.25) is 0 Å². The molecule has 2 saturated heterocycles. The first-order valence-electron chi connectivity index (χ1n) is 11.0. The van der Waals surface area contributed by atoms with Gasteiger partial charge in [0.2, 0.25) is 10.0 Å². The molecule has 11 heteroatoms. The Balaban J connectivity index is 1.44. The van der Waals surface area contributed by atoms with Crippen LogP contribution >= 0.6 is 11.8 Å². The Labute approximate surface area is 198 Å². The van der Waals surface area contributed by atoms with Gasteiger partial charge in [0, 0.05) is 68.6 Å². The van der Waals surface area contributed by atoms with Gasteiger partial charge in [-0.3, -0.25) is 15.0 Å². The van der Waals surface area contributed by atoms with Gasteiger partial charge in [0.05, 0.1) is 23.8 Å². The second-order valence-corrected chi connectivity index (χ2v) is 11.0. The maximum Gasteiger partial charge on any atom is 0.270 e. The van der Waals surface area contributed by atoms with Crippen LogP contribution in [0.4, 0.5) is 11.4 Å². The average Bonchev–Trinajstić information content (AvgIpc) is 2.85. The Morgan fingerprint density at radius 1 is 0.970 bits per heavy atom. The van der Waals surface area contributed by atoms with Crippen LogP contribution < -0.4 is 4.90 Å². The van der Waals surface area contributed by atoms with E-state index in [1.54, 1.807) is 6.07 Å². The van der Waals surface area contributed by atoms with E-state index in [4.69, 9.17) is 4.74 Å². The monoisotopic (exact) mass is 492 g/mol. The Kier molecular flexibility index (Phi) is 7.86. The molecule has 0 spiro atoms. The fourth-order valence-electron chi connectivity index (χ4n) is 4.03. The van der Waals surface area contributed by atoms with Crippen molar-refractivity contribution in [2.24, 2.45) is 0 Å². The van der Waals surface area contributed by atoms with Crippen molar-refractivity contribution in [1.29, 1.82) is 0 Å². The fraction of sp³-hybridized carbons (Fsp3) is 0.455. The molecule has 33 heavy (non-hydrogen) atoms. The topological polar surface area (TPSA) is 96.2 Å². The zero-order valence-corrected chi connectivity index (χ0v) is 20.0. The van der Waals surface area contributed by atoms with Gasteiger partial charge in [-0.1, -0.05) is 18.2 Å². The van der Waals surface area contributed by atoms with Gasteiger partial charge in [-0.15, -0.1) is 11.8 Å². The number of nitro groups is 1. The summed E-state index contributed by atoms with van der Waals surface area (Å²) in [5.41, 5.74) is 0.313. The van der Waals surface area contributed by atoms with Crippen molar-refractivity contribution in [2.75, 3.05) is 69.7 Å². The molecule has 2 aromatic rings. The lowest BCUT2D eigenvalue weighted by molar-refractivity contribution is -0.385. The lowest BCUT2D eigenvalue weighted by Gasteiger charge is -2.37. The molecular formula is C22H28N4O5S2. The molecule has 0 unspecified atom stereocenters. The van der Waals surface area contributed by atoms with E-state index < -0.39 is 14.9 Å². The van der Waals surface area contributed by atoms with Crippen LogP contribution in [0.25, 0.3) is 0 Å². The van der Waals surface area contributed by atoms with Crippen LogP contribution in [0, 0.1) is 10.1 Å². The van der Waals surface area contributed by atoms with Gasteiger partial charge in [0.15, 0.2) is 0 Å². The van der Waals surface area contributed by atoms with Gasteiger partial charge >= 0.3 is 0 Å². The SMILES string of the molecule is O=[N+]([O-])c1ccc(N2CCN(CCSc3ccccc3)CC2)c(S(=O)(=O)N2CCOCC2)c1. The highest BCUT2D eigenvalue weighted by Gasteiger charge is 2.32. The van der Waals surface area contributed by atoms with Crippen LogP contribution in [0.15, 0.2) is 58.3 Å². The molecule has 2 heterocycles. The third-order valence-corrected chi connectivity index (χ3v) is 8.79. The summed E-state index contributed by atoms with van der Waals surface area (Å²) in [6.07, 6.45) is 0. The van der Waals surface area contributed by atoms with Crippen molar-refractivity contribution in [3.8, 4) is 0 Å². The minimum atomic E-state index is -3.87. The van der Waals surface area contributed by atoms with Crippen LogP contribution in [0.3, 0.4) is 0 Å². The van der Waals surface area contributed by atoms with Crippen molar-refractivity contribution < 1.29 is 18.1 Å². The second kappa shape index (κ2) is 10.8. The number of nitrogens with zero attached hydrogens (tertiary/aromatic N) is 4.